The molecule has 4 nitrogen and oxygen atoms in total. The quantitative estimate of drug-likeness (QED) is 0.677. The Balaban J connectivity index is 3.60. The minimum absolute atomic E-state index is 0.141. The molecule has 80 valence electrons. The Morgan fingerprint density at radius 3 is 2.47 bits per heavy atom. The molecular weight excluding hydrogens is 193 g/mol. The van der Waals surface area contributed by atoms with Crippen molar-refractivity contribution in [1.82, 2.24) is 4.57 Å². The lowest BCUT2D eigenvalue weighted by Crippen LogP contribution is -2.36. The van der Waals surface area contributed by atoms with Crippen LogP contribution < -0.4 is 10.9 Å². The van der Waals surface area contributed by atoms with Crippen LogP contribution in [-0.4, -0.2) is 23.5 Å². The third-order valence-corrected chi connectivity index (χ3v) is 2.57. The van der Waals surface area contributed by atoms with Gasteiger partial charge in [-0.25, -0.2) is 4.79 Å². The number of hydrogen-bond donors (Lipinski definition) is 1. The Kier molecular flexibility index (Phi) is 3.02. The lowest BCUT2D eigenvalue weighted by molar-refractivity contribution is 0.0694. The van der Waals surface area contributed by atoms with Crippen molar-refractivity contribution in [2.75, 3.05) is 0 Å². The van der Waals surface area contributed by atoms with Gasteiger partial charge in [0.25, 0.3) is 0 Å². The van der Waals surface area contributed by atoms with E-state index in [0.29, 0.717) is 5.46 Å². The highest BCUT2D eigenvalue weighted by atomic mass is 16.4. The van der Waals surface area contributed by atoms with Crippen molar-refractivity contribution >= 4 is 19.3 Å². The van der Waals surface area contributed by atoms with Gasteiger partial charge in [-0.05, 0) is 26.2 Å². The van der Waals surface area contributed by atoms with Crippen LogP contribution in [0.15, 0.2) is 11.0 Å². The van der Waals surface area contributed by atoms with Crippen LogP contribution in [0.25, 0.3) is 0 Å². The summed E-state index contributed by atoms with van der Waals surface area (Å²) >= 11 is 0. The van der Waals surface area contributed by atoms with Gasteiger partial charge in [-0.1, -0.05) is 0 Å². The zero-order valence-corrected chi connectivity index (χ0v) is 9.37. The smallest absolute Gasteiger partial charge is 0.341 e. The minimum atomic E-state index is -1.17. The summed E-state index contributed by atoms with van der Waals surface area (Å²) < 4.78 is 1.81. The molecule has 15 heavy (non-hydrogen) atoms. The molecule has 1 aromatic heterocycles. The molecule has 1 aromatic rings. The Bertz CT molecular complexity index is 462. The van der Waals surface area contributed by atoms with E-state index in [9.17, 15) is 9.59 Å². The highest BCUT2D eigenvalue weighted by Gasteiger charge is 2.15. The van der Waals surface area contributed by atoms with Crippen molar-refractivity contribution in [1.29, 1.82) is 0 Å². The number of nitrogens with zero attached hydrogens (tertiary/aromatic N) is 1. The molecule has 0 aliphatic rings. The maximum Gasteiger partial charge on any atom is 0.341 e. The molecule has 0 unspecified atom stereocenters. The first kappa shape index (κ1) is 11.6. The summed E-state index contributed by atoms with van der Waals surface area (Å²) in [7, 11) is 1.66. The number of carboxylic acid groups (broad SMARTS) is 1. The van der Waals surface area contributed by atoms with E-state index in [1.807, 2.05) is 20.8 Å². The summed E-state index contributed by atoms with van der Waals surface area (Å²) in [4.78, 5) is 22.5. The second kappa shape index (κ2) is 3.92. The van der Waals surface area contributed by atoms with Crippen molar-refractivity contribution in [3.05, 3.63) is 27.7 Å². The molecule has 0 spiro atoms. The second-order valence-electron chi connectivity index (χ2n) is 3.89. The van der Waals surface area contributed by atoms with Crippen LogP contribution in [0.3, 0.4) is 0 Å². The van der Waals surface area contributed by atoms with Gasteiger partial charge in [0.05, 0.1) is 0 Å². The lowest BCUT2D eigenvalue weighted by Gasteiger charge is -2.17. The highest BCUT2D eigenvalue weighted by molar-refractivity contribution is 6.33. The summed E-state index contributed by atoms with van der Waals surface area (Å²) in [6.45, 7) is 5.72. The summed E-state index contributed by atoms with van der Waals surface area (Å²) in [6.07, 6.45) is 1.41. The van der Waals surface area contributed by atoms with E-state index >= 15 is 0 Å². The zero-order valence-electron chi connectivity index (χ0n) is 9.37. The number of carbonyl (C=O) groups is 1. The average molecular weight is 207 g/mol. The van der Waals surface area contributed by atoms with E-state index < -0.39 is 11.4 Å². The first-order valence-corrected chi connectivity index (χ1v) is 4.82. The Morgan fingerprint density at radius 1 is 1.53 bits per heavy atom. The van der Waals surface area contributed by atoms with E-state index in [4.69, 9.17) is 5.11 Å². The summed E-state index contributed by atoms with van der Waals surface area (Å²) in [5, 5.41) is 8.87. The largest absolute Gasteiger partial charge is 0.477 e. The van der Waals surface area contributed by atoms with E-state index in [1.54, 1.807) is 12.4 Å². The third kappa shape index (κ3) is 1.96. The normalized spacial score (nSPS) is 10.7. The minimum Gasteiger partial charge on any atom is -0.477 e. The van der Waals surface area contributed by atoms with Crippen LogP contribution in [-0.2, 0) is 0 Å². The Morgan fingerprint density at radius 2 is 2.07 bits per heavy atom. The fourth-order valence-corrected chi connectivity index (χ4v) is 1.54. The maximum atomic E-state index is 11.6. The molecule has 0 fully saturated rings. The molecule has 0 atom stereocenters. The van der Waals surface area contributed by atoms with Crippen LogP contribution in [0.2, 0.25) is 0 Å². The van der Waals surface area contributed by atoms with Crippen LogP contribution in [0, 0.1) is 6.92 Å². The standard InChI is InChI=1S/C10H14BNO3/c1-5(2)12-4-7(10(14)15)9(13)8(11)6(12)3/h4-5H,11H2,1-3H3,(H,14,15). The molecule has 1 N–H and O–H groups in total. The van der Waals surface area contributed by atoms with Gasteiger partial charge in [0, 0.05) is 17.9 Å². The lowest BCUT2D eigenvalue weighted by atomic mass is 9.92. The predicted octanol–water partition coefficient (Wildman–Crippen LogP) is -0.306. The third-order valence-electron chi connectivity index (χ3n) is 2.57. The number of aromatic carboxylic acids is 1. The number of carboxylic acids is 1. The molecule has 0 amide bonds. The van der Waals surface area contributed by atoms with Crippen LogP contribution in [0.4, 0.5) is 0 Å². The fraction of sp³-hybridized carbons (Fsp3) is 0.400. The van der Waals surface area contributed by atoms with Gasteiger partial charge in [0.15, 0.2) is 5.43 Å². The number of aromatic nitrogens is 1. The molecule has 0 aliphatic carbocycles. The van der Waals surface area contributed by atoms with Gasteiger partial charge in [-0.2, -0.15) is 0 Å². The van der Waals surface area contributed by atoms with E-state index in [0.717, 1.165) is 5.69 Å². The Hall–Kier alpha value is -1.52. The molecule has 1 rings (SSSR count). The molecule has 1 heterocycles. The average Bonchev–Trinajstić information content (AvgIpc) is 2.13. The molecular formula is C10H14BNO3. The zero-order chi connectivity index (χ0) is 11.7. The molecule has 0 saturated heterocycles. The van der Waals surface area contributed by atoms with Gasteiger partial charge in [-0.3, -0.25) is 4.79 Å². The van der Waals surface area contributed by atoms with Gasteiger partial charge in [-0.15, -0.1) is 0 Å². The summed E-state index contributed by atoms with van der Waals surface area (Å²) in [5.74, 6) is -1.17. The topological polar surface area (TPSA) is 59.3 Å². The van der Waals surface area contributed by atoms with E-state index in [-0.39, 0.29) is 11.6 Å². The highest BCUT2D eigenvalue weighted by Crippen LogP contribution is 2.06. The maximum absolute atomic E-state index is 11.6. The van der Waals surface area contributed by atoms with Crippen LogP contribution >= 0.6 is 0 Å². The van der Waals surface area contributed by atoms with Crippen LogP contribution in [0.1, 0.15) is 35.9 Å². The number of pyridine rings is 1. The van der Waals surface area contributed by atoms with Gasteiger partial charge in [0.1, 0.15) is 13.4 Å². The van der Waals surface area contributed by atoms with Crippen molar-refractivity contribution in [2.45, 2.75) is 26.8 Å². The SMILES string of the molecule is Bc1c(C)n(C(C)C)cc(C(=O)O)c1=O. The molecule has 0 bridgehead atoms. The number of hydrogen-bond acceptors (Lipinski definition) is 2. The van der Waals surface area contributed by atoms with Crippen molar-refractivity contribution in [2.24, 2.45) is 0 Å². The van der Waals surface area contributed by atoms with Crippen LogP contribution in [0.5, 0.6) is 0 Å². The molecule has 0 aliphatic heterocycles. The first-order chi connectivity index (χ1) is 6.86. The van der Waals surface area contributed by atoms with Crippen molar-refractivity contribution in [3.8, 4) is 0 Å². The second-order valence-corrected chi connectivity index (χ2v) is 3.89. The van der Waals surface area contributed by atoms with E-state index in [2.05, 4.69) is 0 Å². The Labute approximate surface area is 89.0 Å². The molecule has 0 aromatic carbocycles. The molecule has 0 radical (unpaired) electrons. The first-order valence-electron chi connectivity index (χ1n) is 4.82. The van der Waals surface area contributed by atoms with Crippen molar-refractivity contribution in [3.63, 3.8) is 0 Å². The molecule has 0 saturated carbocycles. The molecule has 5 heteroatoms. The summed E-state index contributed by atoms with van der Waals surface area (Å²) in [6, 6.07) is 0.141. The number of rotatable bonds is 2. The van der Waals surface area contributed by atoms with Gasteiger partial charge >= 0.3 is 5.97 Å². The van der Waals surface area contributed by atoms with Gasteiger partial charge in [0.2, 0.25) is 0 Å². The van der Waals surface area contributed by atoms with Gasteiger partial charge < -0.3 is 9.67 Å². The van der Waals surface area contributed by atoms with Crippen molar-refractivity contribution < 1.29 is 9.90 Å². The predicted molar refractivity (Wildman–Crippen MR) is 61.0 cm³/mol. The summed E-state index contributed by atoms with van der Waals surface area (Å²) in [5.41, 5.74) is 0.771. The van der Waals surface area contributed by atoms with E-state index in [1.165, 1.54) is 6.20 Å². The monoisotopic (exact) mass is 207 g/mol. The fourth-order valence-electron chi connectivity index (χ4n) is 1.54.